The van der Waals surface area contributed by atoms with Crippen LogP contribution in [0.5, 0.6) is 0 Å². The molecule has 0 aliphatic carbocycles. The number of nitrogens with zero attached hydrogens (tertiary/aromatic N) is 1. The summed E-state index contributed by atoms with van der Waals surface area (Å²) in [6, 6.07) is 5.32. The van der Waals surface area contributed by atoms with Crippen molar-refractivity contribution in [3.63, 3.8) is 0 Å². The molecule has 1 aromatic carbocycles. The van der Waals surface area contributed by atoms with Gasteiger partial charge in [0.25, 0.3) is 0 Å². The molecule has 0 unspecified atom stereocenters. The molecule has 0 aliphatic heterocycles. The van der Waals surface area contributed by atoms with E-state index in [2.05, 4.69) is 10.3 Å². The molecule has 6 nitrogen and oxygen atoms in total. The highest BCUT2D eigenvalue weighted by molar-refractivity contribution is 5.92. The number of carbonyl (C=O) groups excluding carboxylic acids is 1. The third-order valence-corrected chi connectivity index (χ3v) is 3.06. The van der Waals surface area contributed by atoms with Crippen LogP contribution in [0.2, 0.25) is 0 Å². The molecule has 21 heavy (non-hydrogen) atoms. The molecule has 1 heterocycles. The summed E-state index contributed by atoms with van der Waals surface area (Å²) in [5.41, 5.74) is 2.09. The second-order valence-electron chi connectivity index (χ2n) is 4.79. The van der Waals surface area contributed by atoms with Gasteiger partial charge in [0, 0.05) is 24.9 Å². The average molecular weight is 290 g/mol. The Hall–Kier alpha value is -2.37. The zero-order chi connectivity index (χ0) is 15.2. The molecule has 2 rings (SSSR count). The van der Waals surface area contributed by atoms with Crippen LogP contribution in [0.25, 0.3) is 11.1 Å². The fourth-order valence-corrected chi connectivity index (χ4v) is 1.99. The lowest BCUT2D eigenvalue weighted by Gasteiger charge is -2.04. The van der Waals surface area contributed by atoms with E-state index in [-0.39, 0.29) is 12.3 Å². The predicted octanol–water partition coefficient (Wildman–Crippen LogP) is 2.97. The molecule has 0 spiro atoms. The van der Waals surface area contributed by atoms with Gasteiger partial charge in [0.2, 0.25) is 5.91 Å². The fourth-order valence-electron chi connectivity index (χ4n) is 1.99. The van der Waals surface area contributed by atoms with Gasteiger partial charge in [0.05, 0.1) is 0 Å². The number of aliphatic carboxylic acids is 1. The number of hydrogen-bond donors (Lipinski definition) is 2. The Kier molecular flexibility index (Phi) is 4.92. The Labute approximate surface area is 122 Å². The normalized spacial score (nSPS) is 10.7. The number of carboxylic acid groups (broad SMARTS) is 1. The topological polar surface area (TPSA) is 92.4 Å². The first-order valence-corrected chi connectivity index (χ1v) is 6.99. The second-order valence-corrected chi connectivity index (χ2v) is 4.79. The molecular formula is C15H18N2O4. The smallest absolute Gasteiger partial charge is 0.303 e. The third-order valence-electron chi connectivity index (χ3n) is 3.06. The molecule has 2 N–H and O–H groups in total. The molecule has 2 aromatic rings. The van der Waals surface area contributed by atoms with Gasteiger partial charge >= 0.3 is 5.97 Å². The zero-order valence-corrected chi connectivity index (χ0v) is 11.9. The molecule has 0 aliphatic rings. The number of carbonyl (C=O) groups is 2. The van der Waals surface area contributed by atoms with Crippen LogP contribution < -0.4 is 5.32 Å². The molecule has 0 saturated carbocycles. The van der Waals surface area contributed by atoms with E-state index in [1.165, 1.54) is 0 Å². The van der Waals surface area contributed by atoms with Gasteiger partial charge < -0.3 is 14.8 Å². The number of benzene rings is 1. The minimum atomic E-state index is -0.835. The van der Waals surface area contributed by atoms with Gasteiger partial charge in [-0.15, -0.1) is 0 Å². The number of nitrogens with one attached hydrogen (secondary N) is 1. The van der Waals surface area contributed by atoms with Gasteiger partial charge in [-0.05, 0) is 31.0 Å². The van der Waals surface area contributed by atoms with Gasteiger partial charge in [-0.1, -0.05) is 6.92 Å². The first-order valence-electron chi connectivity index (χ1n) is 6.99. The summed E-state index contributed by atoms with van der Waals surface area (Å²) in [4.78, 5) is 26.4. The van der Waals surface area contributed by atoms with E-state index in [9.17, 15) is 9.59 Å². The molecule has 1 amide bonds. The number of anilines is 1. The number of rotatable bonds is 7. The van der Waals surface area contributed by atoms with Crippen molar-refractivity contribution in [1.29, 1.82) is 0 Å². The minimum Gasteiger partial charge on any atom is -0.481 e. The van der Waals surface area contributed by atoms with Crippen molar-refractivity contribution in [2.75, 3.05) is 5.32 Å². The highest BCUT2D eigenvalue weighted by Crippen LogP contribution is 2.20. The molecule has 0 radical (unpaired) electrons. The number of fused-ring (bicyclic) bond motifs is 1. The third kappa shape index (κ3) is 4.30. The number of hydrogen-bond acceptors (Lipinski definition) is 4. The number of oxazole rings is 1. The van der Waals surface area contributed by atoms with Gasteiger partial charge in [-0.3, -0.25) is 9.59 Å². The van der Waals surface area contributed by atoms with E-state index in [0.29, 0.717) is 36.4 Å². The first-order chi connectivity index (χ1) is 10.1. The largest absolute Gasteiger partial charge is 0.481 e. The number of amides is 1. The summed E-state index contributed by atoms with van der Waals surface area (Å²) in [5.74, 6) is -0.292. The lowest BCUT2D eigenvalue weighted by Crippen LogP contribution is -2.11. The number of unbranched alkanes of at least 4 members (excludes halogenated alkanes) is 1. The highest BCUT2D eigenvalue weighted by atomic mass is 16.4. The minimum absolute atomic E-state index is 0.0952. The van der Waals surface area contributed by atoms with Crippen LogP contribution >= 0.6 is 0 Å². The predicted molar refractivity (Wildman–Crippen MR) is 78.1 cm³/mol. The van der Waals surface area contributed by atoms with Crippen molar-refractivity contribution >= 4 is 28.7 Å². The standard InChI is InChI=1S/C15H18N2O4/c1-2-14-17-11-9-10(7-8-12(11)21-14)16-13(18)5-3-4-6-15(19)20/h7-9H,2-6H2,1H3,(H,16,18)(H,19,20). The lowest BCUT2D eigenvalue weighted by molar-refractivity contribution is -0.137. The van der Waals surface area contributed by atoms with E-state index < -0.39 is 5.97 Å². The molecule has 0 saturated heterocycles. The Balaban J connectivity index is 1.90. The van der Waals surface area contributed by atoms with Crippen LogP contribution in [0, 0.1) is 0 Å². The number of carboxylic acids is 1. The van der Waals surface area contributed by atoms with Gasteiger partial charge in [0.15, 0.2) is 11.5 Å². The van der Waals surface area contributed by atoms with Crippen LogP contribution in [0.15, 0.2) is 22.6 Å². The first kappa shape index (κ1) is 15.0. The number of aryl methyl sites for hydroxylation is 1. The fraction of sp³-hybridized carbons (Fsp3) is 0.400. The molecular weight excluding hydrogens is 272 g/mol. The van der Waals surface area contributed by atoms with Crippen molar-refractivity contribution in [1.82, 2.24) is 4.98 Å². The molecule has 0 atom stereocenters. The van der Waals surface area contributed by atoms with Crippen LogP contribution in [0.3, 0.4) is 0 Å². The summed E-state index contributed by atoms with van der Waals surface area (Å²) in [7, 11) is 0. The SMILES string of the molecule is CCc1nc2cc(NC(=O)CCCCC(=O)O)ccc2o1. The van der Waals surface area contributed by atoms with Crippen LogP contribution in [0.4, 0.5) is 5.69 Å². The Bertz CT molecular complexity index is 648. The van der Waals surface area contributed by atoms with Gasteiger partial charge in [-0.2, -0.15) is 0 Å². The van der Waals surface area contributed by atoms with Crippen molar-refractivity contribution < 1.29 is 19.1 Å². The zero-order valence-electron chi connectivity index (χ0n) is 11.9. The lowest BCUT2D eigenvalue weighted by atomic mass is 10.2. The van der Waals surface area contributed by atoms with E-state index in [4.69, 9.17) is 9.52 Å². The van der Waals surface area contributed by atoms with Crippen molar-refractivity contribution in [2.45, 2.75) is 39.0 Å². The van der Waals surface area contributed by atoms with E-state index in [1.54, 1.807) is 18.2 Å². The van der Waals surface area contributed by atoms with Crippen LogP contribution in [0.1, 0.15) is 38.5 Å². The van der Waals surface area contributed by atoms with E-state index in [0.717, 1.165) is 11.9 Å². The quantitative estimate of drug-likeness (QED) is 0.765. The Morgan fingerprint density at radius 3 is 2.76 bits per heavy atom. The summed E-state index contributed by atoms with van der Waals surface area (Å²) >= 11 is 0. The van der Waals surface area contributed by atoms with Crippen LogP contribution in [-0.2, 0) is 16.0 Å². The molecule has 0 fully saturated rings. The summed E-state index contributed by atoms with van der Waals surface area (Å²) in [5, 5.41) is 11.3. The summed E-state index contributed by atoms with van der Waals surface area (Å²) < 4.78 is 5.50. The summed E-state index contributed by atoms with van der Waals surface area (Å²) in [6.45, 7) is 1.96. The Morgan fingerprint density at radius 2 is 2.05 bits per heavy atom. The number of aromatic nitrogens is 1. The average Bonchev–Trinajstić information content (AvgIpc) is 2.85. The maximum Gasteiger partial charge on any atom is 0.303 e. The van der Waals surface area contributed by atoms with Crippen molar-refractivity contribution in [3.8, 4) is 0 Å². The van der Waals surface area contributed by atoms with E-state index in [1.807, 2.05) is 6.92 Å². The molecule has 112 valence electrons. The van der Waals surface area contributed by atoms with Gasteiger partial charge in [-0.25, -0.2) is 4.98 Å². The molecule has 0 bridgehead atoms. The highest BCUT2D eigenvalue weighted by Gasteiger charge is 2.07. The van der Waals surface area contributed by atoms with E-state index >= 15 is 0 Å². The molecule has 1 aromatic heterocycles. The second kappa shape index (κ2) is 6.88. The monoisotopic (exact) mass is 290 g/mol. The van der Waals surface area contributed by atoms with Crippen molar-refractivity contribution in [3.05, 3.63) is 24.1 Å². The Morgan fingerprint density at radius 1 is 1.29 bits per heavy atom. The molecule has 6 heteroatoms. The summed E-state index contributed by atoms with van der Waals surface area (Å²) in [6.07, 6.45) is 2.19. The maximum atomic E-state index is 11.8. The van der Waals surface area contributed by atoms with Gasteiger partial charge in [0.1, 0.15) is 5.52 Å². The van der Waals surface area contributed by atoms with Crippen LogP contribution in [-0.4, -0.2) is 22.0 Å². The maximum absolute atomic E-state index is 11.8. The van der Waals surface area contributed by atoms with Crippen molar-refractivity contribution in [2.24, 2.45) is 0 Å².